The maximum absolute atomic E-state index is 13.7. The topological polar surface area (TPSA) is 70.7 Å². The summed E-state index contributed by atoms with van der Waals surface area (Å²) < 4.78 is 46.4. The highest BCUT2D eigenvalue weighted by Gasteiger charge is 2.34. The lowest BCUT2D eigenvalue weighted by molar-refractivity contribution is -0.138. The first-order chi connectivity index (χ1) is 15.4. The van der Waals surface area contributed by atoms with E-state index >= 15 is 0 Å². The summed E-state index contributed by atoms with van der Waals surface area (Å²) in [5.41, 5.74) is -0.265. The number of alkyl halides is 3. The van der Waals surface area contributed by atoms with E-state index in [1.807, 2.05) is 4.90 Å². The van der Waals surface area contributed by atoms with Gasteiger partial charge in [0, 0.05) is 42.0 Å². The molecule has 0 radical (unpaired) electrons. The van der Waals surface area contributed by atoms with Crippen molar-refractivity contribution in [3.05, 3.63) is 59.2 Å². The van der Waals surface area contributed by atoms with Gasteiger partial charge < -0.3 is 20.3 Å². The fraction of sp³-hybridized carbons (Fsp3) is 0.417. The predicted molar refractivity (Wildman–Crippen MR) is 120 cm³/mol. The van der Waals surface area contributed by atoms with E-state index in [4.69, 9.17) is 4.74 Å². The summed E-state index contributed by atoms with van der Waals surface area (Å²) in [6.07, 6.45) is -4.56. The second-order valence-electron chi connectivity index (χ2n) is 8.91. The summed E-state index contributed by atoms with van der Waals surface area (Å²) in [4.78, 5) is 26.6. The van der Waals surface area contributed by atoms with Crippen LogP contribution in [0.4, 0.5) is 24.5 Å². The Labute approximate surface area is 191 Å². The van der Waals surface area contributed by atoms with Gasteiger partial charge in [0.05, 0.1) is 18.8 Å². The van der Waals surface area contributed by atoms with E-state index in [9.17, 15) is 22.8 Å². The second-order valence-corrected chi connectivity index (χ2v) is 8.91. The largest absolute Gasteiger partial charge is 0.416 e. The van der Waals surface area contributed by atoms with Crippen molar-refractivity contribution in [1.29, 1.82) is 0 Å². The molecule has 1 aliphatic rings. The summed E-state index contributed by atoms with van der Waals surface area (Å²) in [6, 6.07) is 10.4. The fourth-order valence-corrected chi connectivity index (χ4v) is 3.34. The molecule has 9 heteroatoms. The molecule has 1 heterocycles. The van der Waals surface area contributed by atoms with E-state index in [0.29, 0.717) is 37.7 Å². The van der Waals surface area contributed by atoms with Crippen molar-refractivity contribution in [3.8, 4) is 0 Å². The predicted octanol–water partition coefficient (Wildman–Crippen LogP) is 4.46. The van der Waals surface area contributed by atoms with Crippen LogP contribution < -0.4 is 15.5 Å². The molecule has 0 atom stereocenters. The molecular weight excluding hydrogens is 435 g/mol. The quantitative estimate of drug-likeness (QED) is 0.687. The summed E-state index contributed by atoms with van der Waals surface area (Å²) in [6.45, 7) is 6.99. The first-order valence-electron chi connectivity index (χ1n) is 10.7. The van der Waals surface area contributed by atoms with Crippen molar-refractivity contribution in [3.63, 3.8) is 0 Å². The van der Waals surface area contributed by atoms with Gasteiger partial charge in [-0.2, -0.15) is 13.2 Å². The number of nitrogens with one attached hydrogen (secondary N) is 2. The van der Waals surface area contributed by atoms with Gasteiger partial charge in [0.15, 0.2) is 0 Å². The van der Waals surface area contributed by atoms with Gasteiger partial charge in [-0.1, -0.05) is 32.9 Å². The smallest absolute Gasteiger partial charge is 0.378 e. The minimum absolute atomic E-state index is 0.0231. The van der Waals surface area contributed by atoms with E-state index in [-0.39, 0.29) is 23.6 Å². The number of halogens is 3. The van der Waals surface area contributed by atoms with Crippen LogP contribution in [0.15, 0.2) is 42.5 Å². The lowest BCUT2D eigenvalue weighted by atomic mass is 9.95. The van der Waals surface area contributed by atoms with Gasteiger partial charge in [0.1, 0.15) is 0 Å². The Kier molecular flexibility index (Phi) is 7.31. The van der Waals surface area contributed by atoms with Crippen molar-refractivity contribution in [2.45, 2.75) is 33.5 Å². The third-order valence-corrected chi connectivity index (χ3v) is 5.28. The Balaban J connectivity index is 1.73. The number of hydrogen-bond acceptors (Lipinski definition) is 4. The van der Waals surface area contributed by atoms with Crippen molar-refractivity contribution in [1.82, 2.24) is 5.32 Å². The fourth-order valence-electron chi connectivity index (χ4n) is 3.34. The molecule has 0 unspecified atom stereocenters. The van der Waals surface area contributed by atoms with Gasteiger partial charge in [0.2, 0.25) is 5.91 Å². The molecule has 33 heavy (non-hydrogen) atoms. The number of ether oxygens (including phenoxy) is 1. The SMILES string of the molecule is CC(C)(C)C(=O)Nc1cccc(C(=O)NCc2ccc(N3CCOCC3)cc2C(F)(F)F)c1. The van der Waals surface area contributed by atoms with E-state index in [2.05, 4.69) is 10.6 Å². The Bertz CT molecular complexity index is 1010. The lowest BCUT2D eigenvalue weighted by Crippen LogP contribution is -2.36. The number of anilines is 2. The first kappa shape index (κ1) is 24.6. The lowest BCUT2D eigenvalue weighted by Gasteiger charge is -2.29. The Morgan fingerprint density at radius 3 is 2.36 bits per heavy atom. The Morgan fingerprint density at radius 1 is 1.03 bits per heavy atom. The molecule has 178 valence electrons. The van der Waals surface area contributed by atoms with Gasteiger partial charge in [-0.15, -0.1) is 0 Å². The molecule has 2 amide bonds. The number of hydrogen-bond donors (Lipinski definition) is 2. The van der Waals surface area contributed by atoms with Crippen LogP contribution in [-0.2, 0) is 22.3 Å². The normalized spacial score (nSPS) is 14.7. The highest BCUT2D eigenvalue weighted by Crippen LogP contribution is 2.35. The Morgan fingerprint density at radius 2 is 1.73 bits per heavy atom. The van der Waals surface area contributed by atoms with Gasteiger partial charge >= 0.3 is 6.18 Å². The molecule has 0 spiro atoms. The zero-order chi connectivity index (χ0) is 24.2. The molecule has 2 N–H and O–H groups in total. The average molecular weight is 464 g/mol. The average Bonchev–Trinajstić information content (AvgIpc) is 2.77. The minimum atomic E-state index is -4.56. The number of carbonyl (C=O) groups excluding carboxylic acids is 2. The van der Waals surface area contributed by atoms with Crippen LogP contribution in [0, 0.1) is 5.41 Å². The third-order valence-electron chi connectivity index (χ3n) is 5.28. The number of morpholine rings is 1. The van der Waals surface area contributed by atoms with Gasteiger partial charge in [-0.05, 0) is 35.9 Å². The maximum Gasteiger partial charge on any atom is 0.416 e. The van der Waals surface area contributed by atoms with E-state index in [0.717, 1.165) is 6.07 Å². The number of amides is 2. The highest BCUT2D eigenvalue weighted by molar-refractivity contribution is 5.98. The van der Waals surface area contributed by atoms with E-state index < -0.39 is 23.1 Å². The maximum atomic E-state index is 13.7. The standard InChI is InChI=1S/C24H28F3N3O3/c1-23(2,3)22(32)29-18-6-4-5-16(13-18)21(31)28-15-17-7-8-19(14-20(17)24(25,26)27)30-9-11-33-12-10-30/h4-8,13-14H,9-12,15H2,1-3H3,(H,28,31)(H,29,32). The van der Waals surface area contributed by atoms with Crippen LogP contribution in [0.2, 0.25) is 0 Å². The van der Waals surface area contributed by atoms with Crippen LogP contribution in [-0.4, -0.2) is 38.1 Å². The van der Waals surface area contributed by atoms with Gasteiger partial charge in [-0.25, -0.2) is 0 Å². The van der Waals surface area contributed by atoms with Crippen LogP contribution >= 0.6 is 0 Å². The second kappa shape index (κ2) is 9.82. The summed E-state index contributed by atoms with van der Waals surface area (Å²) >= 11 is 0. The molecule has 2 aromatic rings. The molecule has 1 aliphatic heterocycles. The first-order valence-corrected chi connectivity index (χ1v) is 10.7. The summed E-state index contributed by atoms with van der Waals surface area (Å²) in [7, 11) is 0. The van der Waals surface area contributed by atoms with Crippen LogP contribution in [0.5, 0.6) is 0 Å². The van der Waals surface area contributed by atoms with Gasteiger partial charge in [-0.3, -0.25) is 9.59 Å². The Hall–Kier alpha value is -3.07. The molecule has 0 saturated carbocycles. The highest BCUT2D eigenvalue weighted by atomic mass is 19.4. The molecule has 0 aliphatic carbocycles. The molecule has 1 saturated heterocycles. The number of rotatable bonds is 5. The van der Waals surface area contributed by atoms with Crippen LogP contribution in [0.1, 0.15) is 42.3 Å². The molecule has 6 nitrogen and oxygen atoms in total. The molecular formula is C24H28F3N3O3. The van der Waals surface area contributed by atoms with Gasteiger partial charge in [0.25, 0.3) is 5.91 Å². The summed E-state index contributed by atoms with van der Waals surface area (Å²) in [5.74, 6) is -0.748. The zero-order valence-electron chi connectivity index (χ0n) is 18.9. The minimum Gasteiger partial charge on any atom is -0.378 e. The number of benzene rings is 2. The monoisotopic (exact) mass is 463 g/mol. The molecule has 3 rings (SSSR count). The number of carbonyl (C=O) groups is 2. The van der Waals surface area contributed by atoms with Crippen molar-refractivity contribution in [2.24, 2.45) is 5.41 Å². The van der Waals surface area contributed by atoms with Crippen molar-refractivity contribution >= 4 is 23.2 Å². The summed E-state index contributed by atoms with van der Waals surface area (Å²) in [5, 5.41) is 5.29. The van der Waals surface area contributed by atoms with E-state index in [1.54, 1.807) is 39.0 Å². The van der Waals surface area contributed by atoms with Crippen LogP contribution in [0.3, 0.4) is 0 Å². The van der Waals surface area contributed by atoms with Crippen molar-refractivity contribution < 1.29 is 27.5 Å². The molecule has 1 fully saturated rings. The van der Waals surface area contributed by atoms with Crippen molar-refractivity contribution in [2.75, 3.05) is 36.5 Å². The molecule has 2 aromatic carbocycles. The molecule has 0 bridgehead atoms. The molecule has 0 aromatic heterocycles. The van der Waals surface area contributed by atoms with E-state index in [1.165, 1.54) is 18.2 Å². The number of nitrogens with zero attached hydrogens (tertiary/aromatic N) is 1. The van der Waals surface area contributed by atoms with Crippen LogP contribution in [0.25, 0.3) is 0 Å². The zero-order valence-corrected chi connectivity index (χ0v) is 18.9. The third kappa shape index (κ3) is 6.47.